The van der Waals surface area contributed by atoms with Gasteiger partial charge in [-0.3, -0.25) is 9.79 Å². The Bertz CT molecular complexity index is 1210. The third-order valence-electron chi connectivity index (χ3n) is 5.83. The normalized spacial score (nSPS) is 26.6. The number of aliphatic imine (C=N–C) groups is 1. The summed E-state index contributed by atoms with van der Waals surface area (Å²) < 4.78 is 28.9. The summed E-state index contributed by atoms with van der Waals surface area (Å²) in [5, 5.41) is 9.01. The average molecular weight is 455 g/mol. The first-order valence-electron chi connectivity index (χ1n) is 9.76. The highest BCUT2D eigenvalue weighted by molar-refractivity contribution is 8.15. The van der Waals surface area contributed by atoms with Crippen LogP contribution < -0.4 is 5.73 Å². The summed E-state index contributed by atoms with van der Waals surface area (Å²) in [4.78, 5) is 26.6. The zero-order valence-corrected chi connectivity index (χ0v) is 18.5. The number of hydrogen-bond donors (Lipinski definition) is 1. The molecule has 0 spiro atoms. The van der Waals surface area contributed by atoms with Crippen molar-refractivity contribution in [3.63, 3.8) is 0 Å². The van der Waals surface area contributed by atoms with Crippen LogP contribution in [0.2, 0.25) is 0 Å². The number of amidine groups is 1. The molecule has 1 fully saturated rings. The van der Waals surface area contributed by atoms with Gasteiger partial charge in [0.05, 0.1) is 17.9 Å². The van der Waals surface area contributed by atoms with E-state index in [4.69, 9.17) is 11.0 Å². The number of nitrogens with two attached hydrogens (primary N) is 1. The van der Waals surface area contributed by atoms with E-state index in [2.05, 4.69) is 15.0 Å². The molecule has 32 heavy (non-hydrogen) atoms. The third kappa shape index (κ3) is 3.52. The minimum atomic E-state index is -1.07. The number of carbonyl (C=O) groups excluding carboxylic acids is 1. The number of hydrogen-bond acceptors (Lipinski definition) is 7. The quantitative estimate of drug-likeness (QED) is 0.761. The van der Waals surface area contributed by atoms with Crippen LogP contribution in [-0.2, 0) is 10.3 Å². The second kappa shape index (κ2) is 7.67. The largest absolute Gasteiger partial charge is 0.378 e. The van der Waals surface area contributed by atoms with Gasteiger partial charge in [0.1, 0.15) is 22.3 Å². The summed E-state index contributed by atoms with van der Waals surface area (Å²) in [7, 11) is 3.35. The van der Waals surface area contributed by atoms with Crippen molar-refractivity contribution in [2.24, 2.45) is 16.6 Å². The molecule has 0 saturated heterocycles. The average Bonchev–Trinajstić information content (AvgIpc) is 3.51. The topological polar surface area (TPSA) is 108 Å². The molecule has 0 bridgehead atoms. The van der Waals surface area contributed by atoms with Crippen LogP contribution in [0.5, 0.6) is 0 Å². The second-order valence-corrected chi connectivity index (χ2v) is 9.53. The summed E-state index contributed by atoms with van der Waals surface area (Å²) in [6, 6.07) is 6.02. The molecule has 3 atom stereocenters. The molecule has 0 radical (unpaired) electrons. The smallest absolute Gasteiger partial charge is 0.239 e. The Kier molecular flexibility index (Phi) is 5.25. The molecule has 1 aromatic heterocycles. The van der Waals surface area contributed by atoms with E-state index in [0.717, 1.165) is 6.20 Å². The predicted octanol–water partition coefficient (Wildman–Crippen LogP) is 3.08. The fourth-order valence-corrected chi connectivity index (χ4v) is 5.68. The molecule has 10 heteroatoms. The van der Waals surface area contributed by atoms with Gasteiger partial charge in [-0.05, 0) is 37.1 Å². The number of amides is 1. The zero-order valence-electron chi connectivity index (χ0n) is 17.6. The molecule has 1 aliphatic carbocycles. The van der Waals surface area contributed by atoms with E-state index < -0.39 is 21.9 Å². The van der Waals surface area contributed by atoms with Crippen LogP contribution in [0.25, 0.3) is 11.9 Å². The van der Waals surface area contributed by atoms with Crippen LogP contribution in [0.15, 0.2) is 35.6 Å². The molecule has 164 valence electrons. The van der Waals surface area contributed by atoms with Crippen molar-refractivity contribution in [3.8, 4) is 6.07 Å². The van der Waals surface area contributed by atoms with Gasteiger partial charge in [0.15, 0.2) is 16.7 Å². The van der Waals surface area contributed by atoms with Crippen molar-refractivity contribution < 1.29 is 13.6 Å². The Labute approximate surface area is 188 Å². The summed E-state index contributed by atoms with van der Waals surface area (Å²) in [5.41, 5.74) is 5.66. The number of thioether (sulfide) groups is 1. The first-order valence-corrected chi connectivity index (χ1v) is 10.6. The standard InChI is InChI=1S/C22H20F2N6OS/c1-21(18-8-22(18,19(31)30(2)3)32-20(26)29-21)14-6-12(4-5-15(14)23)7-16(24)17-11-27-13(9-25)10-28-17/h4-7,10-11,18H,8H2,1-3H3,(H2,26,29)/b16-7-/t18-,21+,22?/m0/s1. The highest BCUT2D eigenvalue weighted by Gasteiger charge is 2.71. The van der Waals surface area contributed by atoms with Crippen LogP contribution in [0.4, 0.5) is 8.78 Å². The van der Waals surface area contributed by atoms with Crippen LogP contribution in [0, 0.1) is 23.1 Å². The van der Waals surface area contributed by atoms with E-state index >= 15 is 0 Å². The van der Waals surface area contributed by atoms with Gasteiger partial charge >= 0.3 is 0 Å². The van der Waals surface area contributed by atoms with Gasteiger partial charge in [-0.15, -0.1) is 0 Å². The van der Waals surface area contributed by atoms with Gasteiger partial charge in [-0.25, -0.2) is 18.7 Å². The van der Waals surface area contributed by atoms with Crippen molar-refractivity contribution >= 4 is 34.7 Å². The van der Waals surface area contributed by atoms with E-state index in [-0.39, 0.29) is 33.9 Å². The number of fused-ring (bicyclic) bond motifs is 1. The Morgan fingerprint density at radius 2 is 2.12 bits per heavy atom. The highest BCUT2D eigenvalue weighted by atomic mass is 32.2. The van der Waals surface area contributed by atoms with Gasteiger partial charge in [0, 0.05) is 25.6 Å². The first kappa shape index (κ1) is 21.9. The monoisotopic (exact) mass is 454 g/mol. The second-order valence-electron chi connectivity index (χ2n) is 8.18. The summed E-state index contributed by atoms with van der Waals surface area (Å²) in [6.07, 6.45) is 4.05. The van der Waals surface area contributed by atoms with Crippen molar-refractivity contribution in [1.82, 2.24) is 14.9 Å². The lowest BCUT2D eigenvalue weighted by Crippen LogP contribution is -2.43. The molecule has 1 aliphatic heterocycles. The van der Waals surface area contributed by atoms with Gasteiger partial charge in [0.25, 0.3) is 0 Å². The van der Waals surface area contributed by atoms with Crippen molar-refractivity contribution in [1.29, 1.82) is 5.26 Å². The van der Waals surface area contributed by atoms with Gasteiger partial charge < -0.3 is 10.6 Å². The summed E-state index contributed by atoms with van der Waals surface area (Å²) >= 11 is 1.22. The maximum absolute atomic E-state index is 15.0. The summed E-state index contributed by atoms with van der Waals surface area (Å²) in [5.74, 6) is -1.52. The molecule has 1 saturated carbocycles. The van der Waals surface area contributed by atoms with Gasteiger partial charge in [-0.1, -0.05) is 17.8 Å². The minimum Gasteiger partial charge on any atom is -0.378 e. The van der Waals surface area contributed by atoms with E-state index in [1.54, 1.807) is 21.0 Å². The van der Waals surface area contributed by atoms with Gasteiger partial charge in [-0.2, -0.15) is 5.26 Å². The van der Waals surface area contributed by atoms with Crippen LogP contribution in [0.1, 0.15) is 35.9 Å². The van der Waals surface area contributed by atoms with Crippen molar-refractivity contribution in [2.45, 2.75) is 23.6 Å². The fourth-order valence-electron chi connectivity index (χ4n) is 4.18. The lowest BCUT2D eigenvalue weighted by molar-refractivity contribution is -0.129. The number of benzene rings is 1. The molecule has 4 rings (SSSR count). The van der Waals surface area contributed by atoms with E-state index in [9.17, 15) is 13.6 Å². The number of carbonyl (C=O) groups is 1. The predicted molar refractivity (Wildman–Crippen MR) is 118 cm³/mol. The van der Waals surface area contributed by atoms with Crippen molar-refractivity contribution in [3.05, 3.63) is 58.9 Å². The molecule has 2 heterocycles. The number of aromatic nitrogens is 2. The number of rotatable bonds is 4. The van der Waals surface area contributed by atoms with E-state index in [1.165, 1.54) is 47.1 Å². The van der Waals surface area contributed by atoms with Crippen molar-refractivity contribution in [2.75, 3.05) is 14.1 Å². The maximum Gasteiger partial charge on any atom is 0.239 e. The molecule has 1 aromatic carbocycles. The molecular weight excluding hydrogens is 434 g/mol. The fraction of sp³-hybridized carbons (Fsp3) is 0.318. The van der Waals surface area contributed by atoms with E-state index in [1.807, 2.05) is 6.07 Å². The molecule has 1 unspecified atom stereocenters. The number of nitrogens with zero attached hydrogens (tertiary/aromatic N) is 5. The van der Waals surface area contributed by atoms with Gasteiger partial charge in [0.2, 0.25) is 5.91 Å². The molecule has 2 N–H and O–H groups in total. The number of halogens is 2. The Balaban J connectivity index is 1.72. The first-order chi connectivity index (χ1) is 15.1. The number of nitriles is 1. The molecule has 7 nitrogen and oxygen atoms in total. The molecular formula is C22H20F2N6OS. The van der Waals surface area contributed by atoms with Crippen LogP contribution in [-0.4, -0.2) is 44.8 Å². The molecule has 1 amide bonds. The summed E-state index contributed by atoms with van der Waals surface area (Å²) in [6.45, 7) is 1.75. The highest BCUT2D eigenvalue weighted by Crippen LogP contribution is 2.66. The zero-order chi connectivity index (χ0) is 23.3. The molecule has 2 aliphatic rings. The Morgan fingerprint density at radius 1 is 1.38 bits per heavy atom. The minimum absolute atomic E-state index is 0.0461. The van der Waals surface area contributed by atoms with Crippen LogP contribution in [0.3, 0.4) is 0 Å². The molecule has 2 aromatic rings. The Hall–Kier alpha value is -3.32. The maximum atomic E-state index is 15.0. The lowest BCUT2D eigenvalue weighted by atomic mass is 9.84. The SMILES string of the molecule is CN(C)C(=O)C12C[C@H]1[C@@](C)(c1cc(/C=C(\F)c3cnc(C#N)cn3)ccc1F)N=C(N)S2. The Morgan fingerprint density at radius 3 is 2.75 bits per heavy atom. The van der Waals surface area contributed by atoms with E-state index in [0.29, 0.717) is 12.0 Å². The lowest BCUT2D eigenvalue weighted by Gasteiger charge is -2.34. The van der Waals surface area contributed by atoms with Crippen LogP contribution >= 0.6 is 11.8 Å². The third-order valence-corrected chi connectivity index (χ3v) is 7.12.